The first-order valence-electron chi connectivity index (χ1n) is 4.02. The lowest BCUT2D eigenvalue weighted by molar-refractivity contribution is 0.249. The molecule has 0 aliphatic rings. The van der Waals surface area contributed by atoms with Crippen LogP contribution in [-0.4, -0.2) is 11.7 Å². The molecule has 0 fully saturated rings. The monoisotopic (exact) mass is 142 g/mol. The first-order chi connectivity index (χ1) is 4.74. The number of aliphatic hydroxyl groups excluding tert-OH is 1. The minimum absolute atomic E-state index is 0.286. The second-order valence-electron chi connectivity index (χ2n) is 2.72. The summed E-state index contributed by atoms with van der Waals surface area (Å²) in [5.74, 6) is 0.375. The topological polar surface area (TPSA) is 20.2 Å². The molecular weight excluding hydrogens is 124 g/mol. The number of hydrogen-bond donors (Lipinski definition) is 1. The third-order valence-corrected chi connectivity index (χ3v) is 1.84. The molecule has 10 heavy (non-hydrogen) atoms. The second kappa shape index (κ2) is 5.48. The van der Waals surface area contributed by atoms with Crippen molar-refractivity contribution >= 4 is 0 Å². The maximum absolute atomic E-state index is 8.83. The molecule has 0 amide bonds. The van der Waals surface area contributed by atoms with Gasteiger partial charge in [-0.15, -0.1) is 0 Å². The molecule has 0 aromatic heterocycles. The third-order valence-electron chi connectivity index (χ3n) is 1.84. The van der Waals surface area contributed by atoms with E-state index in [1.54, 1.807) is 0 Å². The van der Waals surface area contributed by atoms with Gasteiger partial charge in [-0.3, -0.25) is 0 Å². The van der Waals surface area contributed by atoms with Crippen molar-refractivity contribution in [2.75, 3.05) is 6.61 Å². The van der Waals surface area contributed by atoms with E-state index in [-0.39, 0.29) is 6.61 Å². The molecule has 0 saturated carbocycles. The van der Waals surface area contributed by atoms with E-state index >= 15 is 0 Å². The van der Waals surface area contributed by atoms with Gasteiger partial charge < -0.3 is 5.11 Å². The second-order valence-corrected chi connectivity index (χ2v) is 2.72. The van der Waals surface area contributed by atoms with E-state index in [9.17, 15) is 0 Å². The zero-order valence-corrected chi connectivity index (χ0v) is 7.22. The van der Waals surface area contributed by atoms with Crippen LogP contribution >= 0.6 is 0 Å². The van der Waals surface area contributed by atoms with Crippen LogP contribution in [0.25, 0.3) is 0 Å². The van der Waals surface area contributed by atoms with E-state index in [4.69, 9.17) is 5.11 Å². The van der Waals surface area contributed by atoms with Crippen molar-refractivity contribution < 1.29 is 5.11 Å². The maximum Gasteiger partial charge on any atom is 0.0493 e. The number of aliphatic hydroxyl groups is 1. The quantitative estimate of drug-likeness (QED) is 0.597. The fraction of sp³-hybridized carbons (Fsp3) is 0.778. The fourth-order valence-corrected chi connectivity index (χ4v) is 0.820. The SMILES string of the molecule is CCC(C)=CC(CC)CO. The first-order valence-corrected chi connectivity index (χ1v) is 4.02. The predicted molar refractivity (Wildman–Crippen MR) is 44.9 cm³/mol. The van der Waals surface area contributed by atoms with Gasteiger partial charge >= 0.3 is 0 Å². The van der Waals surface area contributed by atoms with Gasteiger partial charge in [0.25, 0.3) is 0 Å². The highest BCUT2D eigenvalue weighted by atomic mass is 16.3. The molecule has 0 saturated heterocycles. The van der Waals surface area contributed by atoms with E-state index in [0.717, 1.165) is 12.8 Å². The van der Waals surface area contributed by atoms with Gasteiger partial charge in [0.2, 0.25) is 0 Å². The average molecular weight is 142 g/mol. The summed E-state index contributed by atoms with van der Waals surface area (Å²) in [5, 5.41) is 8.83. The zero-order valence-electron chi connectivity index (χ0n) is 7.22. The molecular formula is C9H18O. The summed E-state index contributed by atoms with van der Waals surface area (Å²) < 4.78 is 0. The van der Waals surface area contributed by atoms with Gasteiger partial charge in [0, 0.05) is 6.61 Å². The van der Waals surface area contributed by atoms with Gasteiger partial charge in [-0.25, -0.2) is 0 Å². The largest absolute Gasteiger partial charge is 0.396 e. The Kier molecular flexibility index (Phi) is 5.32. The summed E-state index contributed by atoms with van der Waals surface area (Å²) in [6.07, 6.45) is 4.30. The Hall–Kier alpha value is -0.300. The lowest BCUT2D eigenvalue weighted by atomic mass is 10.0. The van der Waals surface area contributed by atoms with Crippen molar-refractivity contribution in [1.29, 1.82) is 0 Å². The maximum atomic E-state index is 8.83. The molecule has 1 heteroatoms. The van der Waals surface area contributed by atoms with E-state index < -0.39 is 0 Å². The average Bonchev–Trinajstić information content (AvgIpc) is 1.99. The summed E-state index contributed by atoms with van der Waals surface area (Å²) in [7, 11) is 0. The molecule has 0 aliphatic carbocycles. The predicted octanol–water partition coefficient (Wildman–Crippen LogP) is 2.36. The summed E-state index contributed by atoms with van der Waals surface area (Å²) in [4.78, 5) is 0. The lowest BCUT2D eigenvalue weighted by Gasteiger charge is -2.06. The minimum atomic E-state index is 0.286. The number of allylic oxidation sites excluding steroid dienone is 1. The van der Waals surface area contributed by atoms with Crippen molar-refractivity contribution in [1.82, 2.24) is 0 Å². The molecule has 0 rings (SSSR count). The van der Waals surface area contributed by atoms with Gasteiger partial charge in [0.1, 0.15) is 0 Å². The first kappa shape index (κ1) is 9.70. The standard InChI is InChI=1S/C9H18O/c1-4-8(3)6-9(5-2)7-10/h6,9-10H,4-5,7H2,1-3H3. The van der Waals surface area contributed by atoms with Gasteiger partial charge in [0.05, 0.1) is 0 Å². The number of rotatable bonds is 4. The molecule has 0 aliphatic heterocycles. The Balaban J connectivity index is 3.80. The van der Waals surface area contributed by atoms with E-state index in [2.05, 4.69) is 26.8 Å². The Bertz CT molecular complexity index is 101. The van der Waals surface area contributed by atoms with Crippen LogP contribution in [0.15, 0.2) is 11.6 Å². The summed E-state index contributed by atoms with van der Waals surface area (Å²) in [6, 6.07) is 0. The van der Waals surface area contributed by atoms with E-state index in [1.807, 2.05) is 0 Å². The summed E-state index contributed by atoms with van der Waals surface area (Å²) in [5.41, 5.74) is 1.38. The third kappa shape index (κ3) is 3.67. The van der Waals surface area contributed by atoms with Crippen molar-refractivity contribution in [3.8, 4) is 0 Å². The van der Waals surface area contributed by atoms with Crippen LogP contribution in [0.2, 0.25) is 0 Å². The molecule has 0 spiro atoms. The van der Waals surface area contributed by atoms with Crippen LogP contribution in [0, 0.1) is 5.92 Å². The van der Waals surface area contributed by atoms with Crippen molar-refractivity contribution in [2.45, 2.75) is 33.6 Å². The normalized spacial score (nSPS) is 15.4. The van der Waals surface area contributed by atoms with Crippen molar-refractivity contribution in [2.24, 2.45) is 5.92 Å². The lowest BCUT2D eigenvalue weighted by Crippen LogP contribution is -2.00. The minimum Gasteiger partial charge on any atom is -0.396 e. The molecule has 1 atom stereocenters. The van der Waals surface area contributed by atoms with Crippen LogP contribution in [0.1, 0.15) is 33.6 Å². The fourth-order valence-electron chi connectivity index (χ4n) is 0.820. The highest BCUT2D eigenvalue weighted by Crippen LogP contribution is 2.08. The van der Waals surface area contributed by atoms with E-state index in [0.29, 0.717) is 5.92 Å². The highest BCUT2D eigenvalue weighted by Gasteiger charge is 1.98. The highest BCUT2D eigenvalue weighted by molar-refractivity contribution is 4.99. The molecule has 1 N–H and O–H groups in total. The van der Waals surface area contributed by atoms with Gasteiger partial charge in [-0.1, -0.05) is 25.5 Å². The smallest absolute Gasteiger partial charge is 0.0493 e. The molecule has 60 valence electrons. The summed E-state index contributed by atoms with van der Waals surface area (Å²) >= 11 is 0. The van der Waals surface area contributed by atoms with E-state index in [1.165, 1.54) is 5.57 Å². The Morgan fingerprint density at radius 1 is 1.50 bits per heavy atom. The van der Waals surface area contributed by atoms with Crippen LogP contribution < -0.4 is 0 Å². The molecule has 0 aromatic carbocycles. The Labute approximate surface area is 63.8 Å². The molecule has 0 radical (unpaired) electrons. The zero-order chi connectivity index (χ0) is 7.98. The molecule has 0 bridgehead atoms. The van der Waals surface area contributed by atoms with Gasteiger partial charge in [0.15, 0.2) is 0 Å². The molecule has 1 nitrogen and oxygen atoms in total. The molecule has 1 unspecified atom stereocenters. The van der Waals surface area contributed by atoms with Crippen LogP contribution in [0.5, 0.6) is 0 Å². The van der Waals surface area contributed by atoms with Crippen LogP contribution in [0.4, 0.5) is 0 Å². The van der Waals surface area contributed by atoms with Crippen molar-refractivity contribution in [3.63, 3.8) is 0 Å². The van der Waals surface area contributed by atoms with Crippen LogP contribution in [-0.2, 0) is 0 Å². The Morgan fingerprint density at radius 2 is 2.10 bits per heavy atom. The van der Waals surface area contributed by atoms with Crippen molar-refractivity contribution in [3.05, 3.63) is 11.6 Å². The molecule has 0 heterocycles. The number of hydrogen-bond acceptors (Lipinski definition) is 1. The van der Waals surface area contributed by atoms with Gasteiger partial charge in [-0.2, -0.15) is 0 Å². The summed E-state index contributed by atoms with van der Waals surface area (Å²) in [6.45, 7) is 6.63. The van der Waals surface area contributed by atoms with Crippen LogP contribution in [0.3, 0.4) is 0 Å². The Morgan fingerprint density at radius 3 is 2.40 bits per heavy atom. The molecule has 0 aromatic rings. The van der Waals surface area contributed by atoms with Gasteiger partial charge in [-0.05, 0) is 25.7 Å².